The van der Waals surface area contributed by atoms with Crippen molar-refractivity contribution in [2.45, 2.75) is 12.8 Å². The van der Waals surface area contributed by atoms with Crippen LogP contribution in [0.5, 0.6) is 23.0 Å². The number of nitrogens with zero attached hydrogens (tertiary/aromatic N) is 4. The molecule has 2 aliphatic heterocycles. The number of pyridine rings is 2. The SMILES string of the molecule is COc1cc(C(=O)N2CC3CCC(C2)CN(c2cnc(N)cc2OC)C3)ncc1Oc1ccccc1. The second kappa shape index (κ2) is 10.3. The van der Waals surface area contributed by atoms with Gasteiger partial charge in [0.25, 0.3) is 5.91 Å². The van der Waals surface area contributed by atoms with Crippen molar-refractivity contribution in [3.05, 3.63) is 60.6 Å². The van der Waals surface area contributed by atoms with Crippen LogP contribution in [-0.4, -0.2) is 61.2 Å². The van der Waals surface area contributed by atoms with Crippen molar-refractivity contribution >= 4 is 17.4 Å². The average Bonchev–Trinajstić information content (AvgIpc) is 3.22. The summed E-state index contributed by atoms with van der Waals surface area (Å²) in [6, 6.07) is 12.8. The van der Waals surface area contributed by atoms with Gasteiger partial charge in [0.05, 0.1) is 32.3 Å². The number of likely N-dealkylation sites (tertiary alicyclic amines) is 1. The monoisotopic (exact) mass is 489 g/mol. The molecule has 188 valence electrons. The number of hydrogen-bond acceptors (Lipinski definition) is 8. The molecule has 1 amide bonds. The van der Waals surface area contributed by atoms with Crippen LogP contribution in [0.2, 0.25) is 0 Å². The predicted octanol–water partition coefficient (Wildman–Crippen LogP) is 3.86. The number of para-hydroxylation sites is 1. The Labute approximate surface area is 210 Å². The summed E-state index contributed by atoms with van der Waals surface area (Å²) in [5, 5.41) is 0. The van der Waals surface area contributed by atoms with Crippen LogP contribution in [0.25, 0.3) is 0 Å². The van der Waals surface area contributed by atoms with E-state index in [2.05, 4.69) is 14.9 Å². The van der Waals surface area contributed by atoms with Gasteiger partial charge < -0.3 is 29.7 Å². The van der Waals surface area contributed by atoms with Crippen LogP contribution in [-0.2, 0) is 0 Å². The molecule has 2 bridgehead atoms. The van der Waals surface area contributed by atoms with Crippen LogP contribution in [0.4, 0.5) is 11.5 Å². The summed E-state index contributed by atoms with van der Waals surface area (Å²) in [5.41, 5.74) is 7.16. The smallest absolute Gasteiger partial charge is 0.272 e. The van der Waals surface area contributed by atoms with E-state index in [0.717, 1.165) is 37.4 Å². The minimum absolute atomic E-state index is 0.0864. The van der Waals surface area contributed by atoms with Gasteiger partial charge in [-0.3, -0.25) is 4.79 Å². The molecule has 0 aliphatic carbocycles. The molecule has 2 fully saturated rings. The quantitative estimate of drug-likeness (QED) is 0.557. The van der Waals surface area contributed by atoms with Gasteiger partial charge in [-0.05, 0) is 36.8 Å². The van der Waals surface area contributed by atoms with Crippen molar-refractivity contribution in [3.63, 3.8) is 0 Å². The molecule has 1 aromatic carbocycles. The lowest BCUT2D eigenvalue weighted by molar-refractivity contribution is 0.0708. The highest BCUT2D eigenvalue weighted by Crippen LogP contribution is 2.36. The van der Waals surface area contributed by atoms with Gasteiger partial charge in [0.2, 0.25) is 0 Å². The van der Waals surface area contributed by atoms with Crippen LogP contribution in [0.15, 0.2) is 54.9 Å². The number of aromatic nitrogens is 2. The lowest BCUT2D eigenvalue weighted by atomic mass is 10.0. The number of anilines is 2. The standard InChI is InChI=1S/C27H31N5O4/c1-34-23-11-26(28)30-12-22(23)31-14-18-8-9-19(15-31)17-32(16-18)27(33)21-10-24(35-2)25(13-29-21)36-20-6-4-3-5-7-20/h3-7,10-13,18-19H,8-9,14-17H2,1-2H3,(H2,28,30). The number of nitrogen functional groups attached to an aromatic ring is 1. The summed E-state index contributed by atoms with van der Waals surface area (Å²) in [6.45, 7) is 2.98. The average molecular weight is 490 g/mol. The lowest BCUT2D eigenvalue weighted by Crippen LogP contribution is -2.45. The summed E-state index contributed by atoms with van der Waals surface area (Å²) in [7, 11) is 3.21. The molecule has 0 radical (unpaired) electrons. The fourth-order valence-corrected chi connectivity index (χ4v) is 5.11. The number of carbonyl (C=O) groups excluding carboxylic acids is 1. The van der Waals surface area contributed by atoms with E-state index in [4.69, 9.17) is 19.9 Å². The number of ether oxygens (including phenoxy) is 3. The van der Waals surface area contributed by atoms with E-state index in [0.29, 0.717) is 53.7 Å². The number of benzene rings is 1. The zero-order valence-corrected chi connectivity index (χ0v) is 20.6. The maximum absolute atomic E-state index is 13.5. The molecule has 2 aromatic heterocycles. The van der Waals surface area contributed by atoms with Crippen LogP contribution in [0, 0.1) is 11.8 Å². The Kier molecular flexibility index (Phi) is 6.79. The first-order valence-electron chi connectivity index (χ1n) is 12.1. The van der Waals surface area contributed by atoms with Gasteiger partial charge >= 0.3 is 0 Å². The fourth-order valence-electron chi connectivity index (χ4n) is 5.11. The highest BCUT2D eigenvalue weighted by Gasteiger charge is 2.34. The molecule has 0 spiro atoms. The third-order valence-electron chi connectivity index (χ3n) is 6.85. The first-order chi connectivity index (χ1) is 17.5. The molecule has 2 saturated heterocycles. The van der Waals surface area contributed by atoms with Crippen LogP contribution < -0.4 is 24.8 Å². The number of carbonyl (C=O) groups is 1. The van der Waals surface area contributed by atoms with Gasteiger partial charge in [0.15, 0.2) is 11.5 Å². The second-order valence-corrected chi connectivity index (χ2v) is 9.34. The molecule has 3 aromatic rings. The molecule has 0 saturated carbocycles. The van der Waals surface area contributed by atoms with Gasteiger partial charge in [-0.1, -0.05) is 18.2 Å². The maximum atomic E-state index is 13.5. The minimum Gasteiger partial charge on any atom is -0.494 e. The van der Waals surface area contributed by atoms with Crippen molar-refractivity contribution in [3.8, 4) is 23.0 Å². The van der Waals surface area contributed by atoms with Gasteiger partial charge in [0.1, 0.15) is 23.0 Å². The minimum atomic E-state index is -0.0864. The Balaban J connectivity index is 1.32. The van der Waals surface area contributed by atoms with E-state index in [1.165, 1.54) is 0 Å². The van der Waals surface area contributed by atoms with Crippen molar-refractivity contribution in [1.29, 1.82) is 0 Å². The fraction of sp³-hybridized carbons (Fsp3) is 0.370. The number of hydrogen-bond donors (Lipinski definition) is 1. The number of amides is 1. The van der Waals surface area contributed by atoms with Crippen molar-refractivity contribution in [2.75, 3.05) is 51.0 Å². The zero-order valence-electron chi connectivity index (χ0n) is 20.6. The van der Waals surface area contributed by atoms with Crippen LogP contribution in [0.3, 0.4) is 0 Å². The zero-order chi connectivity index (χ0) is 25.1. The maximum Gasteiger partial charge on any atom is 0.272 e. The Bertz CT molecular complexity index is 1210. The largest absolute Gasteiger partial charge is 0.494 e. The van der Waals surface area contributed by atoms with Crippen molar-refractivity contribution in [2.24, 2.45) is 11.8 Å². The molecule has 2 atom stereocenters. The highest BCUT2D eigenvalue weighted by atomic mass is 16.5. The number of rotatable bonds is 6. The third-order valence-corrected chi connectivity index (χ3v) is 6.85. The Morgan fingerprint density at radius 1 is 0.889 bits per heavy atom. The van der Waals surface area contributed by atoms with Crippen LogP contribution >= 0.6 is 0 Å². The molecule has 2 N–H and O–H groups in total. The van der Waals surface area contributed by atoms with Crippen LogP contribution in [0.1, 0.15) is 23.3 Å². The highest BCUT2D eigenvalue weighted by molar-refractivity contribution is 5.93. The first kappa shape index (κ1) is 23.7. The summed E-state index contributed by atoms with van der Waals surface area (Å²) in [6.07, 6.45) is 5.47. The molecule has 9 heteroatoms. The third kappa shape index (κ3) is 5.00. The number of nitrogens with two attached hydrogens (primary N) is 1. The summed E-state index contributed by atoms with van der Waals surface area (Å²) in [4.78, 5) is 26.5. The lowest BCUT2D eigenvalue weighted by Gasteiger charge is -2.36. The molecule has 36 heavy (non-hydrogen) atoms. The van der Waals surface area contributed by atoms with Gasteiger partial charge in [-0.25, -0.2) is 9.97 Å². The summed E-state index contributed by atoms with van der Waals surface area (Å²) in [5.74, 6) is 3.34. The molecule has 2 unspecified atom stereocenters. The van der Waals surface area contributed by atoms with E-state index < -0.39 is 0 Å². The topological polar surface area (TPSA) is 103 Å². The van der Waals surface area contributed by atoms with Crippen molar-refractivity contribution < 1.29 is 19.0 Å². The predicted molar refractivity (Wildman–Crippen MR) is 137 cm³/mol. The summed E-state index contributed by atoms with van der Waals surface area (Å²) >= 11 is 0. The van der Waals surface area contributed by atoms with E-state index in [9.17, 15) is 4.79 Å². The van der Waals surface area contributed by atoms with E-state index >= 15 is 0 Å². The Hall–Kier alpha value is -4.01. The van der Waals surface area contributed by atoms with Gasteiger partial charge in [0, 0.05) is 38.3 Å². The normalized spacial score (nSPS) is 19.4. The van der Waals surface area contributed by atoms with E-state index in [1.807, 2.05) is 35.2 Å². The molecular formula is C27H31N5O4. The molecular weight excluding hydrogens is 458 g/mol. The van der Waals surface area contributed by atoms with E-state index in [1.54, 1.807) is 38.7 Å². The van der Waals surface area contributed by atoms with Crippen molar-refractivity contribution in [1.82, 2.24) is 14.9 Å². The Morgan fingerprint density at radius 3 is 2.25 bits per heavy atom. The molecule has 2 aliphatic rings. The number of methoxy groups -OCH3 is 2. The summed E-state index contributed by atoms with van der Waals surface area (Å²) < 4.78 is 17.0. The van der Waals surface area contributed by atoms with E-state index in [-0.39, 0.29) is 5.91 Å². The Morgan fingerprint density at radius 2 is 1.58 bits per heavy atom. The molecule has 4 heterocycles. The molecule has 5 rings (SSSR count). The van der Waals surface area contributed by atoms with Gasteiger partial charge in [-0.15, -0.1) is 0 Å². The van der Waals surface area contributed by atoms with Gasteiger partial charge in [-0.2, -0.15) is 0 Å². The number of fused-ring (bicyclic) bond motifs is 3. The second-order valence-electron chi connectivity index (χ2n) is 9.34. The molecule has 9 nitrogen and oxygen atoms in total. The first-order valence-corrected chi connectivity index (χ1v) is 12.1.